The van der Waals surface area contributed by atoms with Gasteiger partial charge in [-0.05, 0) is 59.2 Å². The summed E-state index contributed by atoms with van der Waals surface area (Å²) in [4.78, 5) is 34.1. The molecule has 3 aliphatic rings. The van der Waals surface area contributed by atoms with Crippen molar-refractivity contribution in [1.29, 1.82) is 0 Å². The zero-order valence-corrected chi connectivity index (χ0v) is 15.7. The van der Waals surface area contributed by atoms with E-state index in [-0.39, 0.29) is 12.5 Å². The van der Waals surface area contributed by atoms with Gasteiger partial charge in [-0.25, -0.2) is 9.78 Å². The molecule has 1 aliphatic carbocycles. The van der Waals surface area contributed by atoms with Crippen molar-refractivity contribution in [3.63, 3.8) is 0 Å². The van der Waals surface area contributed by atoms with Gasteiger partial charge >= 0.3 is 6.09 Å². The molecule has 0 bridgehead atoms. The fourth-order valence-electron chi connectivity index (χ4n) is 4.26. The fourth-order valence-corrected chi connectivity index (χ4v) is 4.26. The average molecular weight is 388 g/mol. The smallest absolute Gasteiger partial charge is 0.413 e. The zero-order chi connectivity index (χ0) is 19.8. The second-order valence-corrected chi connectivity index (χ2v) is 7.61. The lowest BCUT2D eigenvalue weighted by Crippen LogP contribution is -2.27. The van der Waals surface area contributed by atoms with Gasteiger partial charge in [0, 0.05) is 43.3 Å². The number of carbonyl (C=O) groups is 2. The number of allylic oxidation sites excluding steroid dienone is 1. The largest absolute Gasteiger partial charge is 0.444 e. The maximum Gasteiger partial charge on any atom is 0.413 e. The van der Waals surface area contributed by atoms with Crippen LogP contribution in [-0.2, 0) is 16.1 Å². The molecular weight excluding hydrogens is 368 g/mol. The third kappa shape index (κ3) is 3.51. The minimum atomic E-state index is -0.496. The maximum absolute atomic E-state index is 12.6. The van der Waals surface area contributed by atoms with Gasteiger partial charge in [0.25, 0.3) is 0 Å². The molecule has 2 aliphatic heterocycles. The second-order valence-electron chi connectivity index (χ2n) is 7.61. The Bertz CT molecular complexity index is 1030. The Morgan fingerprint density at radius 2 is 2.14 bits per heavy atom. The molecule has 1 N–H and O–H groups in total. The van der Waals surface area contributed by atoms with Crippen LogP contribution in [0.3, 0.4) is 0 Å². The molecule has 2 aromatic rings. The van der Waals surface area contributed by atoms with Gasteiger partial charge in [0.1, 0.15) is 12.4 Å². The Balaban J connectivity index is 1.23. The van der Waals surface area contributed by atoms with Gasteiger partial charge in [-0.2, -0.15) is 0 Å². The summed E-state index contributed by atoms with van der Waals surface area (Å²) < 4.78 is 4.95. The number of nitrogens with one attached hydrogen (secondary N) is 1. The summed E-state index contributed by atoms with van der Waals surface area (Å²) in [6.07, 6.45) is 11.5. The van der Waals surface area contributed by atoms with Crippen LogP contribution in [0.1, 0.15) is 23.1 Å². The van der Waals surface area contributed by atoms with E-state index in [1.54, 1.807) is 18.3 Å². The number of nitrogens with zero attached hydrogens (tertiary/aromatic N) is 3. The SMILES string of the molecule is O=C1Nc2ncc(/C=C/C(=O)N3CC4C=C(c5ccncc5)CC4C3)cc2CO1. The van der Waals surface area contributed by atoms with Crippen LogP contribution in [0.2, 0.25) is 0 Å². The number of pyridine rings is 2. The van der Waals surface area contributed by atoms with Gasteiger partial charge in [0.05, 0.1) is 0 Å². The Hall–Kier alpha value is -3.48. The van der Waals surface area contributed by atoms with E-state index in [0.29, 0.717) is 17.7 Å². The highest BCUT2D eigenvalue weighted by Crippen LogP contribution is 2.40. The van der Waals surface area contributed by atoms with Gasteiger partial charge in [0.2, 0.25) is 5.91 Å². The molecule has 29 heavy (non-hydrogen) atoms. The topological polar surface area (TPSA) is 84.4 Å². The summed E-state index contributed by atoms with van der Waals surface area (Å²) >= 11 is 0. The normalized spacial score (nSPS) is 22.7. The van der Waals surface area contributed by atoms with Gasteiger partial charge in [-0.3, -0.25) is 15.1 Å². The molecule has 4 heterocycles. The molecule has 2 amide bonds. The van der Waals surface area contributed by atoms with Crippen molar-refractivity contribution in [3.8, 4) is 0 Å². The first-order chi connectivity index (χ1) is 14.2. The number of likely N-dealkylation sites (tertiary alicyclic amines) is 1. The lowest BCUT2D eigenvalue weighted by Gasteiger charge is -2.16. The van der Waals surface area contributed by atoms with E-state index in [9.17, 15) is 9.59 Å². The second kappa shape index (κ2) is 7.16. The van der Waals surface area contributed by atoms with Crippen LogP contribution in [0.4, 0.5) is 10.6 Å². The van der Waals surface area contributed by atoms with Crippen molar-refractivity contribution in [2.45, 2.75) is 13.0 Å². The molecule has 0 aromatic carbocycles. The van der Waals surface area contributed by atoms with Crippen LogP contribution in [0.5, 0.6) is 0 Å². The molecule has 2 atom stereocenters. The number of hydrogen-bond acceptors (Lipinski definition) is 5. The number of anilines is 1. The van der Waals surface area contributed by atoms with E-state index in [1.165, 1.54) is 11.1 Å². The van der Waals surface area contributed by atoms with Gasteiger partial charge < -0.3 is 9.64 Å². The predicted octanol–water partition coefficient (Wildman–Crippen LogP) is 3.11. The molecule has 0 spiro atoms. The molecule has 146 valence electrons. The molecular formula is C22H20N4O3. The van der Waals surface area contributed by atoms with Crippen molar-refractivity contribution in [2.75, 3.05) is 18.4 Å². The lowest BCUT2D eigenvalue weighted by atomic mass is 9.99. The van der Waals surface area contributed by atoms with Crippen LogP contribution in [-0.4, -0.2) is 40.0 Å². The Morgan fingerprint density at radius 3 is 2.97 bits per heavy atom. The fraction of sp³-hybridized carbons (Fsp3) is 0.273. The summed E-state index contributed by atoms with van der Waals surface area (Å²) in [7, 11) is 0. The van der Waals surface area contributed by atoms with E-state index in [1.807, 2.05) is 35.5 Å². The minimum Gasteiger partial charge on any atom is -0.444 e. The predicted molar refractivity (Wildman–Crippen MR) is 107 cm³/mol. The number of cyclic esters (lactones) is 1. The number of aromatic nitrogens is 2. The van der Waals surface area contributed by atoms with Crippen molar-refractivity contribution < 1.29 is 14.3 Å². The summed E-state index contributed by atoms with van der Waals surface area (Å²) in [6.45, 7) is 1.72. The summed E-state index contributed by atoms with van der Waals surface area (Å²) in [5.41, 5.74) is 4.19. The highest BCUT2D eigenvalue weighted by molar-refractivity contribution is 5.92. The zero-order valence-electron chi connectivity index (χ0n) is 15.7. The third-order valence-electron chi connectivity index (χ3n) is 5.74. The Labute approximate surface area is 168 Å². The molecule has 1 fully saturated rings. The highest BCUT2D eigenvalue weighted by Gasteiger charge is 2.37. The first-order valence-corrected chi connectivity index (χ1v) is 9.66. The number of carbonyl (C=O) groups excluding carboxylic acids is 2. The molecule has 5 rings (SSSR count). The number of fused-ring (bicyclic) bond motifs is 2. The molecule has 2 aromatic heterocycles. The summed E-state index contributed by atoms with van der Waals surface area (Å²) in [5.74, 6) is 1.43. The van der Waals surface area contributed by atoms with Crippen LogP contribution in [0.15, 0.2) is 48.9 Å². The first kappa shape index (κ1) is 17.6. The molecule has 0 radical (unpaired) electrons. The quantitative estimate of drug-likeness (QED) is 0.817. The van der Waals surface area contributed by atoms with E-state index >= 15 is 0 Å². The third-order valence-corrected chi connectivity index (χ3v) is 5.74. The van der Waals surface area contributed by atoms with E-state index in [0.717, 1.165) is 30.6 Å². The summed E-state index contributed by atoms with van der Waals surface area (Å²) in [5, 5.41) is 2.55. The van der Waals surface area contributed by atoms with Crippen LogP contribution >= 0.6 is 0 Å². The highest BCUT2D eigenvalue weighted by atomic mass is 16.5. The monoisotopic (exact) mass is 388 g/mol. The van der Waals surface area contributed by atoms with Crippen molar-refractivity contribution in [3.05, 3.63) is 65.6 Å². The van der Waals surface area contributed by atoms with Crippen LogP contribution in [0, 0.1) is 11.8 Å². The Kier molecular flexibility index (Phi) is 4.35. The maximum atomic E-state index is 12.6. The molecule has 1 saturated heterocycles. The molecule has 2 unspecified atom stereocenters. The van der Waals surface area contributed by atoms with E-state index in [2.05, 4.69) is 21.4 Å². The molecule has 7 nitrogen and oxygen atoms in total. The van der Waals surface area contributed by atoms with Gasteiger partial charge in [-0.1, -0.05) is 6.08 Å². The number of amides is 2. The van der Waals surface area contributed by atoms with Gasteiger partial charge in [-0.15, -0.1) is 0 Å². The van der Waals surface area contributed by atoms with E-state index in [4.69, 9.17) is 4.74 Å². The molecule has 7 heteroatoms. The van der Waals surface area contributed by atoms with Crippen molar-refractivity contribution >= 4 is 29.5 Å². The number of ether oxygens (including phenoxy) is 1. The van der Waals surface area contributed by atoms with Crippen LogP contribution < -0.4 is 5.32 Å². The van der Waals surface area contributed by atoms with Crippen molar-refractivity contribution in [2.24, 2.45) is 11.8 Å². The number of hydrogen-bond donors (Lipinski definition) is 1. The van der Waals surface area contributed by atoms with E-state index < -0.39 is 6.09 Å². The lowest BCUT2D eigenvalue weighted by molar-refractivity contribution is -0.125. The Morgan fingerprint density at radius 1 is 1.28 bits per heavy atom. The van der Waals surface area contributed by atoms with Gasteiger partial charge in [0.15, 0.2) is 0 Å². The molecule has 0 saturated carbocycles. The van der Waals surface area contributed by atoms with Crippen LogP contribution in [0.25, 0.3) is 11.6 Å². The summed E-state index contributed by atoms with van der Waals surface area (Å²) in [6, 6.07) is 5.96. The first-order valence-electron chi connectivity index (χ1n) is 9.66. The minimum absolute atomic E-state index is 0.0144. The van der Waals surface area contributed by atoms with Crippen molar-refractivity contribution in [1.82, 2.24) is 14.9 Å². The standard InChI is InChI=1S/C22H20N4O3/c27-20(2-1-14-7-19-13-29-22(28)25-21(19)24-10-14)26-11-17-8-16(9-18(17)12-26)15-3-5-23-6-4-15/h1-8,10,17-18H,9,11-13H2,(H,24,25,28)/b2-1+. The average Bonchev–Trinajstić information content (AvgIpc) is 3.32. The number of rotatable bonds is 3.